The molecule has 0 radical (unpaired) electrons. The van der Waals surface area contributed by atoms with Gasteiger partial charge < -0.3 is 19.0 Å². The summed E-state index contributed by atoms with van der Waals surface area (Å²) in [5.74, 6) is 0. The van der Waals surface area contributed by atoms with Crippen LogP contribution in [0.4, 0.5) is 0 Å². The van der Waals surface area contributed by atoms with Gasteiger partial charge in [0.2, 0.25) is 6.29 Å². The van der Waals surface area contributed by atoms with Crippen LogP contribution in [-0.2, 0) is 23.8 Å². The lowest BCUT2D eigenvalue weighted by molar-refractivity contribution is -0.170. The number of aldehydes is 2. The maximum absolute atomic E-state index is 10.3. The van der Waals surface area contributed by atoms with Crippen molar-refractivity contribution >= 4 is 12.6 Å². The Morgan fingerprint density at radius 1 is 1.25 bits per heavy atom. The molecule has 0 aromatic carbocycles. The Morgan fingerprint density at radius 3 is 2.25 bits per heavy atom. The van der Waals surface area contributed by atoms with Crippen molar-refractivity contribution in [1.29, 1.82) is 0 Å². The minimum absolute atomic E-state index is 0.108. The molecule has 0 aliphatic heterocycles. The molecule has 2 atom stereocenters. The molecule has 5 heteroatoms. The quantitative estimate of drug-likeness (QED) is 0.382. The van der Waals surface area contributed by atoms with E-state index in [1.807, 2.05) is 0 Å². The van der Waals surface area contributed by atoms with E-state index < -0.39 is 12.4 Å². The van der Waals surface area contributed by atoms with Crippen molar-refractivity contribution in [3.05, 3.63) is 0 Å². The van der Waals surface area contributed by atoms with Crippen LogP contribution in [-0.4, -0.2) is 45.8 Å². The van der Waals surface area contributed by atoms with E-state index in [1.54, 1.807) is 0 Å². The van der Waals surface area contributed by atoms with Crippen LogP contribution in [0, 0.1) is 0 Å². The van der Waals surface area contributed by atoms with Crippen molar-refractivity contribution in [3.8, 4) is 0 Å². The van der Waals surface area contributed by atoms with Gasteiger partial charge in [0.1, 0.15) is 6.10 Å². The van der Waals surface area contributed by atoms with Gasteiger partial charge in [-0.15, -0.1) is 0 Å². The Bertz CT molecular complexity index is 136. The first-order chi connectivity index (χ1) is 5.78. The Labute approximate surface area is 70.6 Å². The van der Waals surface area contributed by atoms with Crippen LogP contribution in [0.25, 0.3) is 0 Å². The largest absolute Gasteiger partial charge is 0.382 e. The number of hydrogen-bond acceptors (Lipinski definition) is 5. The molecule has 0 aromatic rings. The van der Waals surface area contributed by atoms with E-state index in [0.29, 0.717) is 12.6 Å². The fourth-order valence-electron chi connectivity index (χ4n) is 0.590. The summed E-state index contributed by atoms with van der Waals surface area (Å²) in [7, 11) is 2.75. The highest BCUT2D eigenvalue weighted by molar-refractivity contribution is 5.58. The SMILES string of the molecule is COCC(C=O)O[C@@H](C=O)OC. The highest BCUT2D eigenvalue weighted by Gasteiger charge is 2.14. The van der Waals surface area contributed by atoms with E-state index in [1.165, 1.54) is 14.2 Å². The number of carbonyl (C=O) groups is 2. The molecule has 0 fully saturated rings. The van der Waals surface area contributed by atoms with Gasteiger partial charge in [0.05, 0.1) is 6.61 Å². The molecule has 1 unspecified atom stereocenters. The molecule has 0 spiro atoms. The number of hydrogen-bond donors (Lipinski definition) is 0. The lowest BCUT2D eigenvalue weighted by atomic mass is 10.4. The van der Waals surface area contributed by atoms with Crippen LogP contribution in [0.1, 0.15) is 0 Å². The standard InChI is InChI=1S/C7H12O5/c1-10-5-6(3-8)12-7(4-9)11-2/h3-4,6-7H,5H2,1-2H3/t6?,7-/m0/s1. The topological polar surface area (TPSA) is 61.8 Å². The highest BCUT2D eigenvalue weighted by Crippen LogP contribution is 1.95. The normalized spacial score (nSPS) is 15.2. The van der Waals surface area contributed by atoms with Crippen LogP contribution < -0.4 is 0 Å². The third kappa shape index (κ3) is 4.17. The molecule has 0 aliphatic rings. The Kier molecular flexibility index (Phi) is 6.45. The third-order valence-corrected chi connectivity index (χ3v) is 1.14. The first kappa shape index (κ1) is 11.2. The molecular formula is C7H12O5. The summed E-state index contributed by atoms with van der Waals surface area (Å²) in [6.07, 6.45) is -0.744. The predicted molar refractivity (Wildman–Crippen MR) is 39.7 cm³/mol. The average Bonchev–Trinajstić information content (AvgIpc) is 2.12. The first-order valence-electron chi connectivity index (χ1n) is 3.36. The fourth-order valence-corrected chi connectivity index (χ4v) is 0.590. The predicted octanol–water partition coefficient (Wildman–Crippen LogP) is -0.612. The van der Waals surface area contributed by atoms with E-state index in [2.05, 4.69) is 9.47 Å². The summed E-state index contributed by atoms with van der Waals surface area (Å²) in [4.78, 5) is 20.5. The summed E-state index contributed by atoms with van der Waals surface area (Å²) in [6, 6.07) is 0. The first-order valence-corrected chi connectivity index (χ1v) is 3.36. The van der Waals surface area contributed by atoms with Gasteiger partial charge in [-0.3, -0.25) is 4.79 Å². The summed E-state index contributed by atoms with van der Waals surface area (Å²) >= 11 is 0. The second-order valence-electron chi connectivity index (χ2n) is 2.01. The number of carbonyl (C=O) groups excluding carboxylic acids is 2. The lowest BCUT2D eigenvalue weighted by Gasteiger charge is -2.14. The van der Waals surface area contributed by atoms with Gasteiger partial charge in [0.25, 0.3) is 0 Å². The molecule has 0 rings (SSSR count). The van der Waals surface area contributed by atoms with Crippen molar-refractivity contribution in [2.75, 3.05) is 20.8 Å². The minimum Gasteiger partial charge on any atom is -0.382 e. The zero-order valence-electron chi connectivity index (χ0n) is 7.06. The molecule has 0 saturated heterocycles. The van der Waals surface area contributed by atoms with Crippen molar-refractivity contribution in [2.45, 2.75) is 12.4 Å². The van der Waals surface area contributed by atoms with Crippen molar-refractivity contribution in [1.82, 2.24) is 0 Å². The number of rotatable bonds is 7. The molecule has 12 heavy (non-hydrogen) atoms. The monoisotopic (exact) mass is 176 g/mol. The summed E-state index contributed by atoms with van der Waals surface area (Å²) < 4.78 is 14.1. The van der Waals surface area contributed by atoms with Crippen LogP contribution >= 0.6 is 0 Å². The molecule has 70 valence electrons. The summed E-state index contributed by atoms with van der Waals surface area (Å²) in [5.41, 5.74) is 0. The van der Waals surface area contributed by atoms with E-state index in [9.17, 15) is 9.59 Å². The number of ether oxygens (including phenoxy) is 3. The molecule has 0 bridgehead atoms. The van der Waals surface area contributed by atoms with Gasteiger partial charge in [-0.25, -0.2) is 0 Å². The molecule has 0 N–H and O–H groups in total. The summed E-state index contributed by atoms with van der Waals surface area (Å²) in [5, 5.41) is 0. The highest BCUT2D eigenvalue weighted by atomic mass is 16.7. The zero-order chi connectivity index (χ0) is 9.40. The zero-order valence-corrected chi connectivity index (χ0v) is 7.06. The van der Waals surface area contributed by atoms with Gasteiger partial charge in [-0.2, -0.15) is 0 Å². The lowest BCUT2D eigenvalue weighted by Crippen LogP contribution is -2.29. The van der Waals surface area contributed by atoms with Gasteiger partial charge in [-0.1, -0.05) is 0 Å². The van der Waals surface area contributed by atoms with Crippen molar-refractivity contribution in [2.24, 2.45) is 0 Å². The van der Waals surface area contributed by atoms with Crippen LogP contribution in [0.5, 0.6) is 0 Å². The molecule has 0 heterocycles. The third-order valence-electron chi connectivity index (χ3n) is 1.14. The van der Waals surface area contributed by atoms with Crippen LogP contribution in [0.15, 0.2) is 0 Å². The molecule has 0 amide bonds. The Balaban J connectivity index is 3.81. The van der Waals surface area contributed by atoms with Gasteiger partial charge in [0, 0.05) is 14.2 Å². The smallest absolute Gasteiger partial charge is 0.215 e. The van der Waals surface area contributed by atoms with E-state index >= 15 is 0 Å². The molecule has 0 aromatic heterocycles. The fraction of sp³-hybridized carbons (Fsp3) is 0.714. The Morgan fingerprint density at radius 2 is 1.92 bits per heavy atom. The molecular weight excluding hydrogens is 164 g/mol. The maximum Gasteiger partial charge on any atom is 0.215 e. The van der Waals surface area contributed by atoms with Crippen molar-refractivity contribution in [3.63, 3.8) is 0 Å². The second kappa shape index (κ2) is 6.90. The molecule has 5 nitrogen and oxygen atoms in total. The van der Waals surface area contributed by atoms with Crippen LogP contribution in [0.3, 0.4) is 0 Å². The molecule has 0 saturated carbocycles. The van der Waals surface area contributed by atoms with Gasteiger partial charge in [-0.05, 0) is 0 Å². The minimum atomic E-state index is -1.00. The maximum atomic E-state index is 10.3. The van der Waals surface area contributed by atoms with E-state index in [0.717, 1.165) is 0 Å². The molecule has 0 aliphatic carbocycles. The second-order valence-corrected chi connectivity index (χ2v) is 2.01. The van der Waals surface area contributed by atoms with Crippen LogP contribution in [0.2, 0.25) is 0 Å². The summed E-state index contributed by atoms with van der Waals surface area (Å²) in [6.45, 7) is 0.108. The van der Waals surface area contributed by atoms with Gasteiger partial charge in [0.15, 0.2) is 12.6 Å². The van der Waals surface area contributed by atoms with Crippen molar-refractivity contribution < 1.29 is 23.8 Å². The van der Waals surface area contributed by atoms with E-state index in [4.69, 9.17) is 4.74 Å². The van der Waals surface area contributed by atoms with E-state index in [-0.39, 0.29) is 6.61 Å². The Hall–Kier alpha value is -0.780. The number of methoxy groups -OCH3 is 2. The average molecular weight is 176 g/mol. The van der Waals surface area contributed by atoms with Gasteiger partial charge >= 0.3 is 0 Å².